The number of nitrogens with zero attached hydrogens (tertiary/aromatic N) is 1. The summed E-state index contributed by atoms with van der Waals surface area (Å²) in [4.78, 5) is 5.62. The number of rotatable bonds is 6. The van der Waals surface area contributed by atoms with Crippen molar-refractivity contribution in [3.05, 3.63) is 59.8 Å². The van der Waals surface area contributed by atoms with Gasteiger partial charge in [-0.15, -0.1) is 0 Å². The predicted molar refractivity (Wildman–Crippen MR) is 103 cm³/mol. The molecule has 7 heteroatoms. The molecule has 0 aliphatic carbocycles. The first-order valence-electron chi connectivity index (χ1n) is 8.26. The lowest BCUT2D eigenvalue weighted by atomic mass is 10.1. The first-order valence-corrected chi connectivity index (χ1v) is 9.74. The fourth-order valence-electron chi connectivity index (χ4n) is 2.65. The maximum absolute atomic E-state index is 12.4. The van der Waals surface area contributed by atoms with E-state index in [2.05, 4.69) is 14.9 Å². The Labute approximate surface area is 152 Å². The molecule has 0 saturated carbocycles. The van der Waals surface area contributed by atoms with Crippen molar-refractivity contribution in [2.75, 3.05) is 0 Å². The highest BCUT2D eigenvalue weighted by molar-refractivity contribution is 7.89. The predicted octanol–water partition coefficient (Wildman–Crippen LogP) is 3.58. The van der Waals surface area contributed by atoms with Crippen LogP contribution in [0.4, 0.5) is 0 Å². The van der Waals surface area contributed by atoms with Crippen molar-refractivity contribution in [2.45, 2.75) is 31.8 Å². The third-order valence-electron chi connectivity index (χ3n) is 3.82. The van der Waals surface area contributed by atoms with Crippen molar-refractivity contribution >= 4 is 27.1 Å². The lowest BCUT2D eigenvalue weighted by molar-refractivity contribution is 0.242. The molecule has 0 radical (unpaired) electrons. The Morgan fingerprint density at radius 2 is 1.81 bits per heavy atom. The topological polar surface area (TPSA) is 83.5 Å². The zero-order valence-corrected chi connectivity index (χ0v) is 15.7. The smallest absolute Gasteiger partial charge is 0.276 e. The fraction of sp³-hybridized carbons (Fsp3) is 0.211. The van der Waals surface area contributed by atoms with Crippen molar-refractivity contribution < 1.29 is 13.2 Å². The van der Waals surface area contributed by atoms with Gasteiger partial charge in [-0.3, -0.25) is 0 Å². The summed E-state index contributed by atoms with van der Waals surface area (Å²) >= 11 is 0. The quantitative estimate of drug-likeness (QED) is 0.513. The minimum Gasteiger partial charge on any atom is -0.491 e. The summed E-state index contributed by atoms with van der Waals surface area (Å²) in [5, 5.41) is 4.92. The molecular weight excluding hydrogens is 350 g/mol. The van der Waals surface area contributed by atoms with Crippen LogP contribution in [0.3, 0.4) is 0 Å². The van der Waals surface area contributed by atoms with Crippen LogP contribution in [0.15, 0.2) is 58.5 Å². The summed E-state index contributed by atoms with van der Waals surface area (Å²) in [5.41, 5.74) is 2.75. The summed E-state index contributed by atoms with van der Waals surface area (Å²) in [6.45, 7) is 5.74. The van der Waals surface area contributed by atoms with Gasteiger partial charge >= 0.3 is 0 Å². The first-order chi connectivity index (χ1) is 12.4. The monoisotopic (exact) mass is 371 g/mol. The SMILES string of the molecule is Cc1[nH]c2ccccc2c1/C=N/NS(=O)(=O)c1ccc(OC(C)C)cc1. The third-order valence-corrected chi connectivity index (χ3v) is 5.05. The number of ether oxygens (including phenoxy) is 1. The molecule has 26 heavy (non-hydrogen) atoms. The summed E-state index contributed by atoms with van der Waals surface area (Å²) in [6, 6.07) is 14.0. The van der Waals surface area contributed by atoms with Crippen LogP contribution in [0, 0.1) is 6.92 Å². The highest BCUT2D eigenvalue weighted by Crippen LogP contribution is 2.20. The van der Waals surface area contributed by atoms with Gasteiger partial charge < -0.3 is 9.72 Å². The zero-order chi connectivity index (χ0) is 18.7. The maximum atomic E-state index is 12.4. The molecule has 0 amide bonds. The molecule has 0 atom stereocenters. The molecule has 6 nitrogen and oxygen atoms in total. The molecule has 136 valence electrons. The van der Waals surface area contributed by atoms with Gasteiger partial charge in [-0.05, 0) is 51.1 Å². The minimum absolute atomic E-state index is 0.0274. The molecule has 0 unspecified atom stereocenters. The van der Waals surface area contributed by atoms with E-state index >= 15 is 0 Å². The number of aryl methyl sites for hydroxylation is 1. The van der Waals surface area contributed by atoms with Crippen molar-refractivity contribution in [3.63, 3.8) is 0 Å². The summed E-state index contributed by atoms with van der Waals surface area (Å²) in [6.07, 6.45) is 1.54. The Morgan fingerprint density at radius 3 is 2.50 bits per heavy atom. The summed E-state index contributed by atoms with van der Waals surface area (Å²) in [5.74, 6) is 0.622. The van der Waals surface area contributed by atoms with E-state index in [9.17, 15) is 8.42 Å². The van der Waals surface area contributed by atoms with Crippen LogP contribution < -0.4 is 9.57 Å². The van der Waals surface area contributed by atoms with Gasteiger partial charge in [-0.2, -0.15) is 13.5 Å². The van der Waals surface area contributed by atoms with E-state index in [0.29, 0.717) is 5.75 Å². The second-order valence-corrected chi connectivity index (χ2v) is 7.86. The second-order valence-electron chi connectivity index (χ2n) is 6.20. The maximum Gasteiger partial charge on any atom is 0.276 e. The van der Waals surface area contributed by atoms with Gasteiger partial charge in [-0.25, -0.2) is 4.83 Å². The van der Waals surface area contributed by atoms with Crippen LogP contribution in [0.1, 0.15) is 25.1 Å². The normalized spacial score (nSPS) is 12.2. The standard InChI is InChI=1S/C19H21N3O3S/c1-13(2)25-15-8-10-16(11-9-15)26(23,24)22-20-12-18-14(3)21-19-7-5-4-6-17(18)19/h4-13,21-22H,1-3H3/b20-12+. The number of hydrogen-bond donors (Lipinski definition) is 2. The molecule has 3 aromatic rings. The molecule has 0 spiro atoms. The average molecular weight is 371 g/mol. The van der Waals surface area contributed by atoms with E-state index in [1.807, 2.05) is 45.0 Å². The fourth-order valence-corrected chi connectivity index (χ4v) is 3.44. The van der Waals surface area contributed by atoms with E-state index in [0.717, 1.165) is 22.2 Å². The van der Waals surface area contributed by atoms with E-state index < -0.39 is 10.0 Å². The van der Waals surface area contributed by atoms with E-state index in [4.69, 9.17) is 4.74 Å². The van der Waals surface area contributed by atoms with Crippen LogP contribution in [0.2, 0.25) is 0 Å². The number of aromatic amines is 1. The first kappa shape index (κ1) is 18.0. The Kier molecular flexibility index (Phi) is 4.99. The van der Waals surface area contributed by atoms with Crippen molar-refractivity contribution in [1.82, 2.24) is 9.82 Å². The van der Waals surface area contributed by atoms with E-state index in [1.165, 1.54) is 18.3 Å². The van der Waals surface area contributed by atoms with Gasteiger partial charge in [-0.1, -0.05) is 18.2 Å². The number of H-pyrrole nitrogens is 1. The molecule has 0 bridgehead atoms. The van der Waals surface area contributed by atoms with E-state index in [1.54, 1.807) is 12.1 Å². The Balaban J connectivity index is 1.77. The summed E-state index contributed by atoms with van der Waals surface area (Å²) < 4.78 is 30.3. The van der Waals surface area contributed by atoms with Crippen LogP contribution in [0.25, 0.3) is 10.9 Å². The lowest BCUT2D eigenvalue weighted by Crippen LogP contribution is -2.18. The van der Waals surface area contributed by atoms with Crippen molar-refractivity contribution in [3.8, 4) is 5.75 Å². The minimum atomic E-state index is -3.74. The Morgan fingerprint density at radius 1 is 1.12 bits per heavy atom. The van der Waals surface area contributed by atoms with Gasteiger partial charge in [0.05, 0.1) is 17.2 Å². The van der Waals surface area contributed by atoms with Crippen molar-refractivity contribution in [1.29, 1.82) is 0 Å². The molecule has 0 fully saturated rings. The average Bonchev–Trinajstić information content (AvgIpc) is 2.90. The lowest BCUT2D eigenvalue weighted by Gasteiger charge is -2.10. The zero-order valence-electron chi connectivity index (χ0n) is 14.9. The number of hydrogen-bond acceptors (Lipinski definition) is 4. The van der Waals surface area contributed by atoms with E-state index in [-0.39, 0.29) is 11.0 Å². The molecule has 1 aromatic heterocycles. The van der Waals surface area contributed by atoms with Crippen LogP contribution in [-0.4, -0.2) is 25.7 Å². The highest BCUT2D eigenvalue weighted by Gasteiger charge is 2.13. The Bertz CT molecular complexity index is 1040. The second kappa shape index (κ2) is 7.21. The van der Waals surface area contributed by atoms with Gasteiger partial charge in [0.1, 0.15) is 5.75 Å². The molecule has 0 saturated heterocycles. The molecule has 2 N–H and O–H groups in total. The van der Waals surface area contributed by atoms with Gasteiger partial charge in [0.15, 0.2) is 0 Å². The number of benzene rings is 2. The van der Waals surface area contributed by atoms with Gasteiger partial charge in [0.2, 0.25) is 0 Å². The van der Waals surface area contributed by atoms with Crippen LogP contribution in [-0.2, 0) is 10.0 Å². The molecule has 0 aliphatic rings. The number of sulfonamides is 1. The molecular formula is C19H21N3O3S. The third kappa shape index (κ3) is 3.88. The molecule has 1 heterocycles. The molecule has 2 aromatic carbocycles. The van der Waals surface area contributed by atoms with Crippen molar-refractivity contribution in [2.24, 2.45) is 5.10 Å². The number of fused-ring (bicyclic) bond motifs is 1. The molecule has 0 aliphatic heterocycles. The van der Waals surface area contributed by atoms with Crippen LogP contribution >= 0.6 is 0 Å². The van der Waals surface area contributed by atoms with Gasteiger partial charge in [0, 0.05) is 22.2 Å². The largest absolute Gasteiger partial charge is 0.491 e. The molecule has 3 rings (SSSR count). The van der Waals surface area contributed by atoms with Gasteiger partial charge in [0.25, 0.3) is 10.0 Å². The highest BCUT2D eigenvalue weighted by atomic mass is 32.2. The number of hydrazone groups is 1. The number of para-hydroxylation sites is 1. The number of nitrogens with one attached hydrogen (secondary N) is 2. The number of aromatic nitrogens is 1. The Hall–Kier alpha value is -2.80. The summed E-state index contributed by atoms with van der Waals surface area (Å²) in [7, 11) is -3.74. The van der Waals surface area contributed by atoms with Crippen LogP contribution in [0.5, 0.6) is 5.75 Å².